The van der Waals surface area contributed by atoms with Crippen LogP contribution in [-0.4, -0.2) is 44.9 Å². The van der Waals surface area contributed by atoms with Crippen LogP contribution in [0.2, 0.25) is 0 Å². The summed E-state index contributed by atoms with van der Waals surface area (Å²) in [5.41, 5.74) is 0.192. The standard InChI is InChI=1S/C17H23NO7/c1-5-23-17(21)18-15(19)10-25-16(20)12-6-7-13(14(8-12)22-4)24-9-11(2)3/h6-8,11H,5,9-10H2,1-4H3,(H,18,19,21). The van der Waals surface area contributed by atoms with E-state index in [2.05, 4.69) is 4.74 Å². The van der Waals surface area contributed by atoms with Crippen LogP contribution in [0.25, 0.3) is 0 Å². The molecule has 0 spiro atoms. The first-order valence-corrected chi connectivity index (χ1v) is 7.81. The summed E-state index contributed by atoms with van der Waals surface area (Å²) in [6.07, 6.45) is -0.892. The number of carbonyl (C=O) groups is 3. The quantitative estimate of drug-likeness (QED) is 0.715. The van der Waals surface area contributed by atoms with Crippen LogP contribution >= 0.6 is 0 Å². The number of imide groups is 1. The summed E-state index contributed by atoms with van der Waals surface area (Å²) in [4.78, 5) is 34.5. The van der Waals surface area contributed by atoms with Crippen molar-refractivity contribution in [2.24, 2.45) is 5.92 Å². The highest BCUT2D eigenvalue weighted by atomic mass is 16.6. The van der Waals surface area contributed by atoms with Crippen molar-refractivity contribution in [3.63, 3.8) is 0 Å². The van der Waals surface area contributed by atoms with Crippen molar-refractivity contribution in [1.82, 2.24) is 5.32 Å². The predicted molar refractivity (Wildman–Crippen MR) is 88.8 cm³/mol. The van der Waals surface area contributed by atoms with Crippen molar-refractivity contribution in [3.05, 3.63) is 23.8 Å². The molecule has 0 aromatic heterocycles. The summed E-state index contributed by atoms with van der Waals surface area (Å²) < 4.78 is 20.2. The number of nitrogens with one attached hydrogen (secondary N) is 1. The summed E-state index contributed by atoms with van der Waals surface area (Å²) >= 11 is 0. The van der Waals surface area contributed by atoms with Crippen LogP contribution in [0.3, 0.4) is 0 Å². The highest BCUT2D eigenvalue weighted by Crippen LogP contribution is 2.28. The number of amides is 2. The van der Waals surface area contributed by atoms with Crippen LogP contribution in [-0.2, 0) is 14.3 Å². The minimum absolute atomic E-state index is 0.129. The second-order valence-electron chi connectivity index (χ2n) is 5.42. The fourth-order valence-corrected chi connectivity index (χ4v) is 1.70. The van der Waals surface area contributed by atoms with Crippen molar-refractivity contribution in [3.8, 4) is 11.5 Å². The van der Waals surface area contributed by atoms with Crippen LogP contribution in [0.5, 0.6) is 11.5 Å². The van der Waals surface area contributed by atoms with Gasteiger partial charge < -0.3 is 18.9 Å². The van der Waals surface area contributed by atoms with Crippen LogP contribution in [0.15, 0.2) is 18.2 Å². The van der Waals surface area contributed by atoms with Gasteiger partial charge >= 0.3 is 12.1 Å². The maximum Gasteiger partial charge on any atom is 0.413 e. The Morgan fingerprint density at radius 3 is 2.44 bits per heavy atom. The van der Waals surface area contributed by atoms with Crippen LogP contribution < -0.4 is 14.8 Å². The molecule has 0 saturated heterocycles. The molecule has 0 heterocycles. The van der Waals surface area contributed by atoms with Crippen LogP contribution in [0.1, 0.15) is 31.1 Å². The molecule has 1 aromatic rings. The highest BCUT2D eigenvalue weighted by molar-refractivity contribution is 5.95. The Kier molecular flexibility index (Phi) is 8.25. The van der Waals surface area contributed by atoms with Crippen LogP contribution in [0, 0.1) is 5.92 Å². The first-order valence-electron chi connectivity index (χ1n) is 7.81. The van der Waals surface area contributed by atoms with E-state index in [1.807, 2.05) is 19.2 Å². The van der Waals surface area contributed by atoms with Gasteiger partial charge in [-0.05, 0) is 31.0 Å². The molecule has 2 amide bonds. The minimum atomic E-state index is -0.892. The first-order chi connectivity index (χ1) is 11.9. The summed E-state index contributed by atoms with van der Waals surface area (Å²) in [6, 6.07) is 4.56. The van der Waals surface area contributed by atoms with Gasteiger partial charge in [-0.3, -0.25) is 10.1 Å². The van der Waals surface area contributed by atoms with Gasteiger partial charge in [-0.25, -0.2) is 9.59 Å². The second-order valence-corrected chi connectivity index (χ2v) is 5.42. The number of benzene rings is 1. The lowest BCUT2D eigenvalue weighted by Gasteiger charge is -2.13. The molecule has 0 saturated carbocycles. The van der Waals surface area contributed by atoms with Gasteiger partial charge in [0.1, 0.15) is 0 Å². The van der Waals surface area contributed by atoms with Gasteiger partial charge in [-0.1, -0.05) is 13.8 Å². The molecule has 0 aliphatic rings. The molecule has 138 valence electrons. The Morgan fingerprint density at radius 2 is 1.84 bits per heavy atom. The van der Waals surface area contributed by atoms with Gasteiger partial charge in [0.2, 0.25) is 0 Å². The molecule has 8 nitrogen and oxygen atoms in total. The molecule has 0 unspecified atom stereocenters. The smallest absolute Gasteiger partial charge is 0.413 e. The lowest BCUT2D eigenvalue weighted by molar-refractivity contribution is -0.123. The molecule has 0 atom stereocenters. The topological polar surface area (TPSA) is 100 Å². The number of carbonyl (C=O) groups excluding carboxylic acids is 3. The molecular weight excluding hydrogens is 330 g/mol. The van der Waals surface area contributed by atoms with Gasteiger partial charge in [0.15, 0.2) is 18.1 Å². The maximum absolute atomic E-state index is 12.0. The first kappa shape index (κ1) is 20.3. The fourth-order valence-electron chi connectivity index (χ4n) is 1.70. The van der Waals surface area contributed by atoms with Crippen molar-refractivity contribution in [2.45, 2.75) is 20.8 Å². The second kappa shape index (κ2) is 10.2. The SMILES string of the molecule is CCOC(=O)NC(=O)COC(=O)c1ccc(OCC(C)C)c(OC)c1. The Morgan fingerprint density at radius 1 is 1.12 bits per heavy atom. The molecule has 0 bridgehead atoms. The third-order valence-corrected chi connectivity index (χ3v) is 2.82. The van der Waals surface area contributed by atoms with Crippen molar-refractivity contribution < 1.29 is 33.3 Å². The number of esters is 1. The van der Waals surface area contributed by atoms with E-state index in [9.17, 15) is 14.4 Å². The van der Waals surface area contributed by atoms with Gasteiger partial charge in [0.25, 0.3) is 5.91 Å². The largest absolute Gasteiger partial charge is 0.493 e. The van der Waals surface area contributed by atoms with Gasteiger partial charge in [-0.15, -0.1) is 0 Å². The van der Waals surface area contributed by atoms with E-state index in [0.717, 1.165) is 0 Å². The molecule has 1 N–H and O–H groups in total. The van der Waals surface area contributed by atoms with E-state index in [1.54, 1.807) is 13.0 Å². The van der Waals surface area contributed by atoms with E-state index in [4.69, 9.17) is 14.2 Å². The summed E-state index contributed by atoms with van der Waals surface area (Å²) in [5, 5.41) is 1.92. The summed E-state index contributed by atoms with van der Waals surface area (Å²) in [5.74, 6) is -0.283. The molecule has 0 aliphatic heterocycles. The van der Waals surface area contributed by atoms with Crippen molar-refractivity contribution >= 4 is 18.0 Å². The molecular formula is C17H23NO7. The van der Waals surface area contributed by atoms with E-state index < -0.39 is 24.6 Å². The van der Waals surface area contributed by atoms with Crippen LogP contribution in [0.4, 0.5) is 4.79 Å². The van der Waals surface area contributed by atoms with Gasteiger partial charge in [0.05, 0.1) is 25.9 Å². The number of ether oxygens (including phenoxy) is 4. The van der Waals surface area contributed by atoms with Gasteiger partial charge in [0, 0.05) is 0 Å². The Balaban J connectivity index is 2.63. The number of alkyl carbamates (subject to hydrolysis) is 1. The van der Waals surface area contributed by atoms with Crippen molar-refractivity contribution in [1.29, 1.82) is 0 Å². The lowest BCUT2D eigenvalue weighted by Crippen LogP contribution is -2.34. The minimum Gasteiger partial charge on any atom is -0.493 e. The summed E-state index contributed by atoms with van der Waals surface area (Å²) in [7, 11) is 1.46. The fraction of sp³-hybridized carbons (Fsp3) is 0.471. The third-order valence-electron chi connectivity index (χ3n) is 2.82. The average molecular weight is 353 g/mol. The van der Waals surface area contributed by atoms with E-state index in [0.29, 0.717) is 24.0 Å². The number of hydrogen-bond donors (Lipinski definition) is 1. The maximum atomic E-state index is 12.0. The van der Waals surface area contributed by atoms with E-state index in [-0.39, 0.29) is 12.2 Å². The molecule has 0 radical (unpaired) electrons. The normalized spacial score (nSPS) is 10.1. The summed E-state index contributed by atoms with van der Waals surface area (Å²) in [6.45, 7) is 5.66. The van der Waals surface area contributed by atoms with E-state index in [1.165, 1.54) is 19.2 Å². The predicted octanol–water partition coefficient (Wildman–Crippen LogP) is 2.16. The van der Waals surface area contributed by atoms with Crippen molar-refractivity contribution in [2.75, 3.05) is 26.9 Å². The molecule has 25 heavy (non-hydrogen) atoms. The zero-order valence-corrected chi connectivity index (χ0v) is 14.8. The highest BCUT2D eigenvalue weighted by Gasteiger charge is 2.15. The third kappa shape index (κ3) is 7.11. The molecule has 0 fully saturated rings. The van der Waals surface area contributed by atoms with Gasteiger partial charge in [-0.2, -0.15) is 0 Å². The average Bonchev–Trinajstić information content (AvgIpc) is 2.57. The Labute approximate surface area is 146 Å². The Hall–Kier alpha value is -2.77. The Bertz CT molecular complexity index is 613. The molecule has 8 heteroatoms. The lowest BCUT2D eigenvalue weighted by atomic mass is 10.2. The monoisotopic (exact) mass is 353 g/mol. The molecule has 1 rings (SSSR count). The number of methoxy groups -OCH3 is 1. The molecule has 0 aliphatic carbocycles. The zero-order chi connectivity index (χ0) is 18.8. The van der Waals surface area contributed by atoms with E-state index >= 15 is 0 Å². The number of hydrogen-bond acceptors (Lipinski definition) is 7. The molecule has 1 aromatic carbocycles. The number of rotatable bonds is 8. The zero-order valence-electron chi connectivity index (χ0n) is 14.8.